The van der Waals surface area contributed by atoms with Gasteiger partial charge in [0.05, 0.1) is 5.56 Å². The predicted molar refractivity (Wildman–Crippen MR) is 81.1 cm³/mol. The summed E-state index contributed by atoms with van der Waals surface area (Å²) in [4.78, 5) is 12.3. The molecule has 1 fully saturated rings. The van der Waals surface area contributed by atoms with Crippen molar-refractivity contribution < 1.29 is 4.79 Å². The molecule has 1 aliphatic carbocycles. The van der Waals surface area contributed by atoms with Crippen molar-refractivity contribution in [2.45, 2.75) is 38.6 Å². The number of hydrogen-bond donors (Lipinski definition) is 2. The Morgan fingerprint density at radius 3 is 2.79 bits per heavy atom. The fourth-order valence-electron chi connectivity index (χ4n) is 2.79. The second-order valence-electron chi connectivity index (χ2n) is 5.34. The molecular formula is C15H21BrN2O. The largest absolute Gasteiger partial charge is 0.348 e. The summed E-state index contributed by atoms with van der Waals surface area (Å²) in [5.41, 5.74) is 7.59. The SMILES string of the molecule is Cc1ccc(Br)c(C(=O)NC(CN)C2CCCC2)c1. The summed E-state index contributed by atoms with van der Waals surface area (Å²) < 4.78 is 0.831. The number of carbonyl (C=O) groups excluding carboxylic acids is 1. The number of benzene rings is 1. The Morgan fingerprint density at radius 1 is 1.47 bits per heavy atom. The maximum atomic E-state index is 12.3. The van der Waals surface area contributed by atoms with E-state index in [4.69, 9.17) is 5.73 Å². The highest BCUT2D eigenvalue weighted by atomic mass is 79.9. The Hall–Kier alpha value is -0.870. The second-order valence-corrected chi connectivity index (χ2v) is 6.20. The number of nitrogens with one attached hydrogen (secondary N) is 1. The minimum Gasteiger partial charge on any atom is -0.348 e. The molecule has 0 saturated heterocycles. The average molecular weight is 325 g/mol. The highest BCUT2D eigenvalue weighted by molar-refractivity contribution is 9.10. The van der Waals surface area contributed by atoms with Crippen LogP contribution < -0.4 is 11.1 Å². The molecule has 104 valence electrons. The van der Waals surface area contributed by atoms with Crippen LogP contribution in [0.4, 0.5) is 0 Å². The Morgan fingerprint density at radius 2 is 2.16 bits per heavy atom. The summed E-state index contributed by atoms with van der Waals surface area (Å²) in [7, 11) is 0. The van der Waals surface area contributed by atoms with Gasteiger partial charge >= 0.3 is 0 Å². The van der Waals surface area contributed by atoms with E-state index in [-0.39, 0.29) is 11.9 Å². The molecule has 0 heterocycles. The molecule has 1 saturated carbocycles. The third kappa shape index (κ3) is 3.57. The first-order valence-corrected chi connectivity index (χ1v) is 7.68. The first kappa shape index (κ1) is 14.5. The summed E-state index contributed by atoms with van der Waals surface area (Å²) in [6, 6.07) is 5.90. The molecule has 4 heteroatoms. The summed E-state index contributed by atoms with van der Waals surface area (Å²) in [6.45, 7) is 2.50. The van der Waals surface area contributed by atoms with Crippen molar-refractivity contribution in [3.05, 3.63) is 33.8 Å². The average Bonchev–Trinajstić information content (AvgIpc) is 2.92. The molecule has 0 aliphatic heterocycles. The molecule has 0 radical (unpaired) electrons. The summed E-state index contributed by atoms with van der Waals surface area (Å²) in [5, 5.41) is 3.10. The van der Waals surface area contributed by atoms with Gasteiger partial charge in [-0.05, 0) is 53.7 Å². The highest BCUT2D eigenvalue weighted by Gasteiger charge is 2.26. The quantitative estimate of drug-likeness (QED) is 0.894. The number of hydrogen-bond acceptors (Lipinski definition) is 2. The van der Waals surface area contributed by atoms with Gasteiger partial charge in [-0.25, -0.2) is 0 Å². The lowest BCUT2D eigenvalue weighted by Crippen LogP contribution is -2.44. The third-order valence-corrected chi connectivity index (χ3v) is 4.60. The molecule has 3 N–H and O–H groups in total. The molecule has 19 heavy (non-hydrogen) atoms. The molecule has 0 aromatic heterocycles. The topological polar surface area (TPSA) is 55.1 Å². The van der Waals surface area contributed by atoms with Crippen LogP contribution in [0.25, 0.3) is 0 Å². The van der Waals surface area contributed by atoms with Crippen molar-refractivity contribution in [3.63, 3.8) is 0 Å². The van der Waals surface area contributed by atoms with Crippen LogP contribution >= 0.6 is 15.9 Å². The van der Waals surface area contributed by atoms with Crippen LogP contribution in [0.15, 0.2) is 22.7 Å². The molecule has 1 aromatic carbocycles. The third-order valence-electron chi connectivity index (χ3n) is 3.91. The molecule has 1 aromatic rings. The zero-order chi connectivity index (χ0) is 13.8. The van der Waals surface area contributed by atoms with E-state index >= 15 is 0 Å². The zero-order valence-electron chi connectivity index (χ0n) is 11.3. The molecular weight excluding hydrogens is 304 g/mol. The number of nitrogens with two attached hydrogens (primary N) is 1. The molecule has 2 rings (SSSR count). The minimum atomic E-state index is -0.0297. The first-order valence-electron chi connectivity index (χ1n) is 6.89. The Balaban J connectivity index is 2.08. The van der Waals surface area contributed by atoms with E-state index in [9.17, 15) is 4.79 Å². The van der Waals surface area contributed by atoms with Crippen LogP contribution in [0.2, 0.25) is 0 Å². The van der Waals surface area contributed by atoms with E-state index in [1.54, 1.807) is 0 Å². The Labute approximate surface area is 123 Å². The smallest absolute Gasteiger partial charge is 0.252 e. The number of carbonyl (C=O) groups is 1. The van der Waals surface area contributed by atoms with Gasteiger partial charge in [0, 0.05) is 17.1 Å². The lowest BCUT2D eigenvalue weighted by atomic mass is 9.97. The van der Waals surface area contributed by atoms with Crippen molar-refractivity contribution in [2.24, 2.45) is 11.7 Å². The fourth-order valence-corrected chi connectivity index (χ4v) is 3.21. The molecule has 1 atom stereocenters. The monoisotopic (exact) mass is 324 g/mol. The molecule has 0 bridgehead atoms. The predicted octanol–water partition coefficient (Wildman–Crippen LogP) is 3.00. The summed E-state index contributed by atoms with van der Waals surface area (Å²) in [6.07, 6.45) is 4.87. The van der Waals surface area contributed by atoms with Gasteiger partial charge in [0.15, 0.2) is 0 Å². The number of aryl methyl sites for hydroxylation is 1. The van der Waals surface area contributed by atoms with Crippen LogP contribution in [0.3, 0.4) is 0 Å². The van der Waals surface area contributed by atoms with E-state index in [1.807, 2.05) is 25.1 Å². The van der Waals surface area contributed by atoms with E-state index in [2.05, 4.69) is 21.2 Å². The normalized spacial score (nSPS) is 17.4. The maximum absolute atomic E-state index is 12.3. The Bertz CT molecular complexity index is 455. The van der Waals surface area contributed by atoms with Crippen molar-refractivity contribution in [1.29, 1.82) is 0 Å². The number of rotatable bonds is 4. The molecule has 1 aliphatic rings. The molecule has 3 nitrogen and oxygen atoms in total. The summed E-state index contributed by atoms with van der Waals surface area (Å²) in [5.74, 6) is 0.510. The van der Waals surface area contributed by atoms with Crippen LogP contribution in [-0.4, -0.2) is 18.5 Å². The van der Waals surface area contributed by atoms with Crippen LogP contribution in [-0.2, 0) is 0 Å². The van der Waals surface area contributed by atoms with E-state index in [0.29, 0.717) is 18.0 Å². The molecule has 1 unspecified atom stereocenters. The second kappa shape index (κ2) is 6.53. The standard InChI is InChI=1S/C15H21BrN2O/c1-10-6-7-13(16)12(8-10)15(19)18-14(9-17)11-4-2-3-5-11/h6-8,11,14H,2-5,9,17H2,1H3,(H,18,19). The lowest BCUT2D eigenvalue weighted by Gasteiger charge is -2.23. The van der Waals surface area contributed by atoms with Gasteiger partial charge in [-0.3, -0.25) is 4.79 Å². The van der Waals surface area contributed by atoms with Gasteiger partial charge in [-0.15, -0.1) is 0 Å². The van der Waals surface area contributed by atoms with E-state index in [0.717, 1.165) is 10.0 Å². The van der Waals surface area contributed by atoms with Gasteiger partial charge in [-0.1, -0.05) is 24.5 Å². The van der Waals surface area contributed by atoms with Crippen LogP contribution in [0, 0.1) is 12.8 Å². The van der Waals surface area contributed by atoms with Crippen molar-refractivity contribution >= 4 is 21.8 Å². The van der Waals surface area contributed by atoms with E-state index in [1.165, 1.54) is 25.7 Å². The first-order chi connectivity index (χ1) is 9.11. The Kier molecular flexibility index (Phi) is 4.99. The van der Waals surface area contributed by atoms with Crippen LogP contribution in [0.1, 0.15) is 41.6 Å². The number of amides is 1. The molecule has 1 amide bonds. The summed E-state index contributed by atoms with van der Waals surface area (Å²) >= 11 is 3.43. The maximum Gasteiger partial charge on any atom is 0.252 e. The van der Waals surface area contributed by atoms with Crippen molar-refractivity contribution in [3.8, 4) is 0 Å². The van der Waals surface area contributed by atoms with Crippen molar-refractivity contribution in [1.82, 2.24) is 5.32 Å². The zero-order valence-corrected chi connectivity index (χ0v) is 12.9. The highest BCUT2D eigenvalue weighted by Crippen LogP contribution is 2.28. The van der Waals surface area contributed by atoms with Gasteiger partial charge < -0.3 is 11.1 Å². The van der Waals surface area contributed by atoms with E-state index < -0.39 is 0 Å². The fraction of sp³-hybridized carbons (Fsp3) is 0.533. The molecule has 0 spiro atoms. The van der Waals surface area contributed by atoms with Gasteiger partial charge in [0.1, 0.15) is 0 Å². The number of halogens is 1. The van der Waals surface area contributed by atoms with Crippen LogP contribution in [0.5, 0.6) is 0 Å². The minimum absolute atomic E-state index is 0.0297. The lowest BCUT2D eigenvalue weighted by molar-refractivity contribution is 0.0923. The van der Waals surface area contributed by atoms with Gasteiger partial charge in [0.2, 0.25) is 0 Å². The van der Waals surface area contributed by atoms with Gasteiger partial charge in [-0.2, -0.15) is 0 Å². The van der Waals surface area contributed by atoms with Gasteiger partial charge in [0.25, 0.3) is 5.91 Å². The van der Waals surface area contributed by atoms with Crippen molar-refractivity contribution in [2.75, 3.05) is 6.54 Å².